The summed E-state index contributed by atoms with van der Waals surface area (Å²) in [5.74, 6) is -0.774. The smallest absolute Gasteiger partial charge is 0.282 e. The Morgan fingerprint density at radius 1 is 0.368 bits per heavy atom. The predicted molar refractivity (Wildman–Crippen MR) is 158 cm³/mol. The van der Waals surface area contributed by atoms with Gasteiger partial charge in [-0.1, -0.05) is 122 Å². The van der Waals surface area contributed by atoms with Gasteiger partial charge in [0.25, 0.3) is 11.9 Å². The van der Waals surface area contributed by atoms with Crippen LogP contribution in [0.5, 0.6) is 0 Å². The molecule has 0 aromatic rings. The molecule has 6 heteroatoms. The predicted octanol–water partition coefficient (Wildman–Crippen LogP) is 9.39. The Kier molecular flexibility index (Phi) is 25.5. The molecule has 0 bridgehead atoms. The fourth-order valence-electron chi connectivity index (χ4n) is 5.51. The summed E-state index contributed by atoms with van der Waals surface area (Å²) in [5, 5.41) is 0. The fraction of sp³-hybridized carbons (Fsp3) is 1.00. The largest absolute Gasteiger partial charge is 0.331 e. The Hall–Kier alpha value is -0.240. The van der Waals surface area contributed by atoms with Crippen LogP contribution in [0.3, 0.4) is 0 Å². The molecule has 0 aromatic heterocycles. The molecule has 0 fully saturated rings. The van der Waals surface area contributed by atoms with E-state index >= 15 is 0 Å². The molecule has 0 aliphatic rings. The summed E-state index contributed by atoms with van der Waals surface area (Å²) in [5.41, 5.74) is 0. The third-order valence-electron chi connectivity index (χ3n) is 8.38. The van der Waals surface area contributed by atoms with Crippen molar-refractivity contribution in [1.82, 2.24) is 0 Å². The maximum Gasteiger partial charge on any atom is 0.282 e. The molecule has 0 N–H and O–H groups in total. The molecule has 0 amide bonds. The molecular formula is C32H66O6. The van der Waals surface area contributed by atoms with Gasteiger partial charge < -0.3 is 28.4 Å². The van der Waals surface area contributed by atoms with Crippen molar-refractivity contribution in [2.24, 2.45) is 5.92 Å². The first-order chi connectivity index (χ1) is 18.5. The molecule has 38 heavy (non-hydrogen) atoms. The van der Waals surface area contributed by atoms with Crippen molar-refractivity contribution in [1.29, 1.82) is 0 Å². The molecular weight excluding hydrogens is 480 g/mol. The van der Waals surface area contributed by atoms with Crippen molar-refractivity contribution in [2.75, 3.05) is 42.7 Å². The first kappa shape index (κ1) is 37.8. The van der Waals surface area contributed by atoms with E-state index in [1.807, 2.05) is 0 Å². The molecule has 0 saturated heterocycles. The number of unbranched alkanes of at least 4 members (excludes halogenated alkanes) is 15. The maximum absolute atomic E-state index is 5.36. The Morgan fingerprint density at radius 2 is 0.605 bits per heavy atom. The summed E-state index contributed by atoms with van der Waals surface area (Å²) in [6, 6.07) is 0. The standard InChI is InChI=1S/C32H66O6/c1-8-30(27-23-19-15-13-17-21-25-29-32(36-5,37-6)38-7)26-22-18-14-11-9-10-12-16-20-24-28-31(33-2,34-3)35-4/h30H,8-29H2,1-7H3. The van der Waals surface area contributed by atoms with E-state index in [0.717, 1.165) is 31.6 Å². The van der Waals surface area contributed by atoms with Gasteiger partial charge in [-0.3, -0.25) is 0 Å². The quantitative estimate of drug-likeness (QED) is 0.0660. The zero-order chi connectivity index (χ0) is 28.4. The number of rotatable bonds is 30. The van der Waals surface area contributed by atoms with Crippen molar-refractivity contribution in [3.63, 3.8) is 0 Å². The van der Waals surface area contributed by atoms with Crippen LogP contribution in [0.1, 0.15) is 148 Å². The second kappa shape index (κ2) is 25.7. The molecule has 0 aliphatic carbocycles. The Morgan fingerprint density at radius 3 is 0.842 bits per heavy atom. The highest BCUT2D eigenvalue weighted by Gasteiger charge is 2.29. The van der Waals surface area contributed by atoms with Crippen molar-refractivity contribution in [3.8, 4) is 0 Å². The minimum Gasteiger partial charge on any atom is -0.331 e. The zero-order valence-corrected chi connectivity index (χ0v) is 26.6. The summed E-state index contributed by atoms with van der Waals surface area (Å²) in [6.07, 6.45) is 28.2. The van der Waals surface area contributed by atoms with Crippen LogP contribution in [0.4, 0.5) is 0 Å². The summed E-state index contributed by atoms with van der Waals surface area (Å²) in [4.78, 5) is 0. The number of hydrogen-bond donors (Lipinski definition) is 0. The van der Waals surface area contributed by atoms with E-state index in [2.05, 4.69) is 6.92 Å². The van der Waals surface area contributed by atoms with Crippen molar-refractivity contribution in [3.05, 3.63) is 0 Å². The lowest BCUT2D eigenvalue weighted by Gasteiger charge is -2.28. The molecule has 230 valence electrons. The topological polar surface area (TPSA) is 55.4 Å². The van der Waals surface area contributed by atoms with Gasteiger partial charge in [0.2, 0.25) is 0 Å². The van der Waals surface area contributed by atoms with Crippen LogP contribution in [-0.2, 0) is 28.4 Å². The van der Waals surface area contributed by atoms with E-state index in [0.29, 0.717) is 0 Å². The molecule has 0 aliphatic heterocycles. The average Bonchev–Trinajstić information content (AvgIpc) is 2.96. The van der Waals surface area contributed by atoms with E-state index in [1.165, 1.54) is 116 Å². The van der Waals surface area contributed by atoms with E-state index in [9.17, 15) is 0 Å². The minimum atomic E-state index is -0.857. The van der Waals surface area contributed by atoms with E-state index in [1.54, 1.807) is 42.7 Å². The fourth-order valence-corrected chi connectivity index (χ4v) is 5.51. The number of hydrogen-bond acceptors (Lipinski definition) is 6. The molecule has 0 saturated carbocycles. The van der Waals surface area contributed by atoms with Crippen molar-refractivity contribution in [2.45, 2.75) is 160 Å². The van der Waals surface area contributed by atoms with Crippen LogP contribution in [0.25, 0.3) is 0 Å². The van der Waals surface area contributed by atoms with Crippen molar-refractivity contribution < 1.29 is 28.4 Å². The third-order valence-corrected chi connectivity index (χ3v) is 8.38. The lowest BCUT2D eigenvalue weighted by Crippen LogP contribution is -2.35. The molecule has 1 atom stereocenters. The van der Waals surface area contributed by atoms with Gasteiger partial charge in [-0.25, -0.2) is 0 Å². The molecule has 0 radical (unpaired) electrons. The molecule has 0 spiro atoms. The van der Waals surface area contributed by atoms with Crippen LogP contribution >= 0.6 is 0 Å². The maximum atomic E-state index is 5.36. The lowest BCUT2D eigenvalue weighted by molar-refractivity contribution is -0.355. The Labute approximate surface area is 237 Å². The van der Waals surface area contributed by atoms with Gasteiger partial charge in [-0.05, 0) is 18.8 Å². The summed E-state index contributed by atoms with van der Waals surface area (Å²) in [6.45, 7) is 2.38. The van der Waals surface area contributed by atoms with E-state index in [-0.39, 0.29) is 0 Å². The Bertz CT molecular complexity index is 462. The first-order valence-electron chi connectivity index (χ1n) is 15.8. The van der Waals surface area contributed by atoms with Crippen LogP contribution in [0.15, 0.2) is 0 Å². The van der Waals surface area contributed by atoms with Crippen molar-refractivity contribution >= 4 is 0 Å². The highest BCUT2D eigenvalue weighted by molar-refractivity contribution is 4.61. The van der Waals surface area contributed by atoms with Gasteiger partial charge in [0.15, 0.2) is 0 Å². The van der Waals surface area contributed by atoms with Gasteiger partial charge >= 0.3 is 0 Å². The molecule has 6 nitrogen and oxygen atoms in total. The SMILES string of the molecule is CCC(CCCCCCCCCCCCC(OC)(OC)OC)CCCCCCCCCC(OC)(OC)OC. The third kappa shape index (κ3) is 18.2. The molecule has 0 heterocycles. The van der Waals surface area contributed by atoms with Gasteiger partial charge in [-0.15, -0.1) is 0 Å². The monoisotopic (exact) mass is 546 g/mol. The summed E-state index contributed by atoms with van der Waals surface area (Å²) >= 11 is 0. The molecule has 0 rings (SSSR count). The zero-order valence-electron chi connectivity index (χ0n) is 26.6. The van der Waals surface area contributed by atoms with Gasteiger partial charge in [0.1, 0.15) is 0 Å². The van der Waals surface area contributed by atoms with Crippen LogP contribution in [0, 0.1) is 5.92 Å². The van der Waals surface area contributed by atoms with Crippen LogP contribution < -0.4 is 0 Å². The molecule has 1 unspecified atom stereocenters. The lowest BCUT2D eigenvalue weighted by atomic mass is 9.92. The van der Waals surface area contributed by atoms with Gasteiger partial charge in [0, 0.05) is 55.5 Å². The summed E-state index contributed by atoms with van der Waals surface area (Å²) < 4.78 is 32.2. The van der Waals surface area contributed by atoms with Gasteiger partial charge in [0.05, 0.1) is 0 Å². The second-order valence-electron chi connectivity index (χ2n) is 11.0. The second-order valence-corrected chi connectivity index (χ2v) is 11.0. The Balaban J connectivity index is 3.53. The van der Waals surface area contributed by atoms with Crippen LogP contribution in [-0.4, -0.2) is 54.6 Å². The summed E-state index contributed by atoms with van der Waals surface area (Å²) in [7, 11) is 9.85. The highest BCUT2D eigenvalue weighted by Crippen LogP contribution is 2.24. The molecule has 0 aromatic carbocycles. The van der Waals surface area contributed by atoms with E-state index in [4.69, 9.17) is 28.4 Å². The minimum absolute atomic E-state index is 0.788. The highest BCUT2D eigenvalue weighted by atomic mass is 16.9. The number of methoxy groups -OCH3 is 6. The van der Waals surface area contributed by atoms with E-state index < -0.39 is 11.9 Å². The first-order valence-corrected chi connectivity index (χ1v) is 15.8. The normalized spacial score (nSPS) is 13.3. The average molecular weight is 547 g/mol. The number of ether oxygens (including phenoxy) is 6. The van der Waals surface area contributed by atoms with Crippen LogP contribution in [0.2, 0.25) is 0 Å². The van der Waals surface area contributed by atoms with Gasteiger partial charge in [-0.2, -0.15) is 0 Å².